The summed E-state index contributed by atoms with van der Waals surface area (Å²) in [6.45, 7) is 4.73. The van der Waals surface area contributed by atoms with Gasteiger partial charge in [0.15, 0.2) is 0 Å². The van der Waals surface area contributed by atoms with Crippen molar-refractivity contribution in [2.24, 2.45) is 0 Å². The maximum Gasteiger partial charge on any atom is 0.348 e. The first-order valence-corrected chi connectivity index (χ1v) is 6.72. The van der Waals surface area contributed by atoms with Crippen LogP contribution in [-0.2, 0) is 17.9 Å². The molecule has 1 amide bonds. The molecule has 112 valence electrons. The third-order valence-corrected chi connectivity index (χ3v) is 3.01. The van der Waals surface area contributed by atoms with Gasteiger partial charge in [-0.3, -0.25) is 14.0 Å². The lowest BCUT2D eigenvalue weighted by molar-refractivity contribution is -0.121. The van der Waals surface area contributed by atoms with Crippen LogP contribution in [0, 0.1) is 13.8 Å². The molecule has 0 aromatic carbocycles. The van der Waals surface area contributed by atoms with Gasteiger partial charge in [-0.1, -0.05) is 5.21 Å². The van der Waals surface area contributed by atoms with Gasteiger partial charge in [0.2, 0.25) is 5.91 Å². The second-order valence-corrected chi connectivity index (χ2v) is 4.78. The summed E-state index contributed by atoms with van der Waals surface area (Å²) in [6, 6.07) is 1.78. The van der Waals surface area contributed by atoms with E-state index in [4.69, 9.17) is 0 Å². The second-order valence-electron chi connectivity index (χ2n) is 4.78. The highest BCUT2D eigenvalue weighted by Gasteiger charge is 2.08. The van der Waals surface area contributed by atoms with Gasteiger partial charge in [-0.25, -0.2) is 4.79 Å². The Morgan fingerprint density at radius 1 is 1.38 bits per heavy atom. The lowest BCUT2D eigenvalue weighted by Gasteiger charge is -2.10. The fourth-order valence-electron chi connectivity index (χ4n) is 1.99. The van der Waals surface area contributed by atoms with Gasteiger partial charge in [-0.2, -0.15) is 4.98 Å². The fraction of sp³-hybridized carbons (Fsp3) is 0.462. The highest BCUT2D eigenvalue weighted by atomic mass is 16.2. The molecule has 2 aromatic heterocycles. The molecule has 8 heteroatoms. The van der Waals surface area contributed by atoms with Crippen LogP contribution in [0.25, 0.3) is 0 Å². The Hall–Kier alpha value is -2.51. The topological polar surface area (TPSA) is 94.7 Å². The summed E-state index contributed by atoms with van der Waals surface area (Å²) in [4.78, 5) is 27.4. The van der Waals surface area contributed by atoms with Gasteiger partial charge in [0.05, 0.1) is 6.20 Å². The molecule has 8 nitrogen and oxygen atoms in total. The van der Waals surface area contributed by atoms with Gasteiger partial charge in [0, 0.05) is 30.7 Å². The Morgan fingerprint density at radius 3 is 2.86 bits per heavy atom. The Labute approximate surface area is 121 Å². The number of rotatable bonds is 6. The SMILES string of the molecule is Cc1cc(C)n(CC(=O)NCCCn2ccnn2)c(=O)n1. The lowest BCUT2D eigenvalue weighted by atomic mass is 10.3. The molecule has 0 saturated heterocycles. The van der Waals surface area contributed by atoms with Gasteiger partial charge >= 0.3 is 5.69 Å². The molecule has 0 spiro atoms. The summed E-state index contributed by atoms with van der Waals surface area (Å²) < 4.78 is 3.06. The minimum absolute atomic E-state index is 0.0126. The van der Waals surface area contributed by atoms with Crippen LogP contribution in [0.2, 0.25) is 0 Å². The second kappa shape index (κ2) is 6.78. The molecule has 21 heavy (non-hydrogen) atoms. The molecular weight excluding hydrogens is 272 g/mol. The minimum Gasteiger partial charge on any atom is -0.354 e. The lowest BCUT2D eigenvalue weighted by Crippen LogP contribution is -2.35. The van der Waals surface area contributed by atoms with E-state index in [9.17, 15) is 9.59 Å². The molecule has 1 N–H and O–H groups in total. The van der Waals surface area contributed by atoms with Crippen LogP contribution in [0.5, 0.6) is 0 Å². The zero-order chi connectivity index (χ0) is 15.2. The summed E-state index contributed by atoms with van der Waals surface area (Å²) in [5.74, 6) is -0.204. The molecule has 0 bridgehead atoms. The number of carbonyl (C=O) groups is 1. The van der Waals surface area contributed by atoms with E-state index >= 15 is 0 Å². The molecule has 0 aliphatic rings. The highest BCUT2D eigenvalue weighted by molar-refractivity contribution is 5.75. The zero-order valence-corrected chi connectivity index (χ0v) is 12.1. The first kappa shape index (κ1) is 14.9. The zero-order valence-electron chi connectivity index (χ0n) is 12.1. The number of carbonyl (C=O) groups excluding carboxylic acids is 1. The molecular formula is C13H18N6O2. The molecule has 0 unspecified atom stereocenters. The van der Waals surface area contributed by atoms with Crippen molar-refractivity contribution in [1.29, 1.82) is 0 Å². The molecule has 2 rings (SSSR count). The molecule has 0 saturated carbocycles. The van der Waals surface area contributed by atoms with Crippen LogP contribution < -0.4 is 11.0 Å². The van der Waals surface area contributed by atoms with E-state index in [1.54, 1.807) is 37.0 Å². The summed E-state index contributed by atoms with van der Waals surface area (Å²) in [5.41, 5.74) is 0.984. The molecule has 0 atom stereocenters. The Balaban J connectivity index is 1.81. The maximum atomic E-state index is 11.8. The van der Waals surface area contributed by atoms with E-state index in [0.717, 1.165) is 12.1 Å². The van der Waals surface area contributed by atoms with Gasteiger partial charge in [0.1, 0.15) is 6.54 Å². The normalized spacial score (nSPS) is 10.6. The standard InChI is InChI=1S/C13H18N6O2/c1-10-8-11(2)19(13(21)16-10)9-12(20)14-4-3-6-18-7-5-15-17-18/h5,7-8H,3-4,6,9H2,1-2H3,(H,14,20). The van der Waals surface area contributed by atoms with Crippen LogP contribution in [0.15, 0.2) is 23.3 Å². The molecule has 2 heterocycles. The van der Waals surface area contributed by atoms with E-state index in [-0.39, 0.29) is 12.5 Å². The number of amides is 1. The average molecular weight is 290 g/mol. The van der Waals surface area contributed by atoms with Crippen LogP contribution in [-0.4, -0.2) is 37.0 Å². The van der Waals surface area contributed by atoms with Crippen molar-refractivity contribution in [2.45, 2.75) is 33.4 Å². The predicted octanol–water partition coefficient (Wildman–Crippen LogP) is -0.342. The van der Waals surface area contributed by atoms with Gasteiger partial charge in [-0.05, 0) is 26.3 Å². The highest BCUT2D eigenvalue weighted by Crippen LogP contribution is 1.96. The maximum absolute atomic E-state index is 11.8. The summed E-state index contributed by atoms with van der Waals surface area (Å²) in [6.07, 6.45) is 4.12. The van der Waals surface area contributed by atoms with Crippen LogP contribution in [0.4, 0.5) is 0 Å². The average Bonchev–Trinajstić information content (AvgIpc) is 2.92. The number of hydrogen-bond donors (Lipinski definition) is 1. The summed E-state index contributed by atoms with van der Waals surface area (Å²) in [5, 5.41) is 10.3. The third-order valence-electron chi connectivity index (χ3n) is 3.01. The van der Waals surface area contributed by atoms with Crippen molar-refractivity contribution in [1.82, 2.24) is 29.9 Å². The monoisotopic (exact) mass is 290 g/mol. The van der Waals surface area contributed by atoms with Crippen molar-refractivity contribution in [3.05, 3.63) is 40.3 Å². The quantitative estimate of drug-likeness (QED) is 0.734. The molecule has 0 aliphatic carbocycles. The smallest absolute Gasteiger partial charge is 0.348 e. The molecule has 0 fully saturated rings. The van der Waals surface area contributed by atoms with Crippen molar-refractivity contribution in [3.8, 4) is 0 Å². The van der Waals surface area contributed by atoms with Gasteiger partial charge < -0.3 is 5.32 Å². The Kier molecular flexibility index (Phi) is 4.81. The Morgan fingerprint density at radius 2 is 2.19 bits per heavy atom. The largest absolute Gasteiger partial charge is 0.354 e. The first-order valence-electron chi connectivity index (χ1n) is 6.72. The first-order chi connectivity index (χ1) is 10.1. The van der Waals surface area contributed by atoms with Crippen molar-refractivity contribution in [2.75, 3.05) is 6.54 Å². The van der Waals surface area contributed by atoms with E-state index in [1.807, 2.05) is 0 Å². The third kappa shape index (κ3) is 4.23. The fourth-order valence-corrected chi connectivity index (χ4v) is 1.99. The number of aryl methyl sites for hydroxylation is 3. The van der Waals surface area contributed by atoms with Crippen LogP contribution in [0.1, 0.15) is 17.8 Å². The molecule has 2 aromatic rings. The van der Waals surface area contributed by atoms with E-state index in [2.05, 4.69) is 20.6 Å². The van der Waals surface area contributed by atoms with Gasteiger partial charge in [-0.15, -0.1) is 5.10 Å². The number of nitrogens with zero attached hydrogens (tertiary/aromatic N) is 5. The van der Waals surface area contributed by atoms with Crippen molar-refractivity contribution >= 4 is 5.91 Å². The minimum atomic E-state index is -0.398. The summed E-state index contributed by atoms with van der Waals surface area (Å²) >= 11 is 0. The number of hydrogen-bond acceptors (Lipinski definition) is 5. The van der Waals surface area contributed by atoms with Crippen molar-refractivity contribution < 1.29 is 4.79 Å². The van der Waals surface area contributed by atoms with E-state index in [0.29, 0.717) is 18.8 Å². The van der Waals surface area contributed by atoms with Crippen LogP contribution in [0.3, 0.4) is 0 Å². The molecule has 0 aliphatic heterocycles. The van der Waals surface area contributed by atoms with Crippen LogP contribution >= 0.6 is 0 Å². The number of aromatic nitrogens is 5. The molecule has 0 radical (unpaired) electrons. The van der Waals surface area contributed by atoms with Gasteiger partial charge in [0.25, 0.3) is 0 Å². The number of nitrogens with one attached hydrogen (secondary N) is 1. The van der Waals surface area contributed by atoms with E-state index < -0.39 is 5.69 Å². The predicted molar refractivity (Wildman–Crippen MR) is 75.6 cm³/mol. The van der Waals surface area contributed by atoms with Crippen molar-refractivity contribution in [3.63, 3.8) is 0 Å². The summed E-state index contributed by atoms with van der Waals surface area (Å²) in [7, 11) is 0. The van der Waals surface area contributed by atoms with E-state index in [1.165, 1.54) is 4.57 Å². The Bertz CT molecular complexity index is 662.